The lowest BCUT2D eigenvalue weighted by Crippen LogP contribution is -2.34. The lowest BCUT2D eigenvalue weighted by Gasteiger charge is -2.36. The minimum Gasteiger partial charge on any atom is -0.377 e. The van der Waals surface area contributed by atoms with Crippen molar-refractivity contribution in [2.24, 2.45) is 0 Å². The van der Waals surface area contributed by atoms with Crippen molar-refractivity contribution in [2.45, 2.75) is 10.5 Å². The monoisotopic (exact) mass is 576 g/mol. The molecule has 7 nitrogen and oxygen atoms in total. The summed E-state index contributed by atoms with van der Waals surface area (Å²) in [4.78, 5) is 0.125. The molecule has 0 N–H and O–H groups in total. The molecule has 0 aliphatic rings. The van der Waals surface area contributed by atoms with Crippen LogP contribution in [-0.2, 0) is 38.8 Å². The summed E-state index contributed by atoms with van der Waals surface area (Å²) in [6.45, 7) is 2.39. The Morgan fingerprint density at radius 2 is 0.780 bits per heavy atom. The molecule has 8 heteroatoms. The zero-order valence-corrected chi connectivity index (χ0v) is 23.8. The van der Waals surface area contributed by atoms with Gasteiger partial charge in [-0.2, -0.15) is 8.42 Å². The Hall–Kier alpha value is -3.37. The van der Waals surface area contributed by atoms with E-state index in [4.69, 9.17) is 23.1 Å². The molecule has 0 spiro atoms. The predicted molar refractivity (Wildman–Crippen MR) is 157 cm³/mol. The Bertz CT molecular complexity index is 1270. The highest BCUT2D eigenvalue weighted by Gasteiger charge is 2.37. The highest BCUT2D eigenvalue weighted by molar-refractivity contribution is 7.86. The lowest BCUT2D eigenvalue weighted by atomic mass is 9.80. The smallest absolute Gasteiger partial charge is 0.297 e. The zero-order chi connectivity index (χ0) is 28.6. The van der Waals surface area contributed by atoms with Gasteiger partial charge in [0.2, 0.25) is 0 Å². The second kappa shape index (κ2) is 16.2. The number of rotatable bonds is 18. The van der Waals surface area contributed by atoms with E-state index in [1.807, 2.05) is 54.6 Å². The summed E-state index contributed by atoms with van der Waals surface area (Å²) in [5.41, 5.74) is 2.36. The second-order valence-corrected chi connectivity index (χ2v) is 10.7. The lowest BCUT2D eigenvalue weighted by molar-refractivity contribution is -0.0373. The van der Waals surface area contributed by atoms with Gasteiger partial charge >= 0.3 is 0 Å². The molecule has 4 rings (SSSR count). The van der Waals surface area contributed by atoms with E-state index in [-0.39, 0.29) is 18.1 Å². The summed E-state index contributed by atoms with van der Waals surface area (Å²) in [5.74, 6) is 0. The van der Waals surface area contributed by atoms with Gasteiger partial charge in [-0.05, 0) is 28.8 Å². The maximum atomic E-state index is 12.1. The van der Waals surface area contributed by atoms with Crippen molar-refractivity contribution in [3.63, 3.8) is 0 Å². The largest absolute Gasteiger partial charge is 0.377 e. The molecule has 0 aliphatic carbocycles. The van der Waals surface area contributed by atoms with Crippen LogP contribution >= 0.6 is 0 Å². The van der Waals surface area contributed by atoms with Crippen LogP contribution in [0.2, 0.25) is 0 Å². The fourth-order valence-electron chi connectivity index (χ4n) is 4.42. The molecule has 0 aromatic heterocycles. The molecule has 0 bridgehead atoms. The van der Waals surface area contributed by atoms with Crippen LogP contribution < -0.4 is 0 Å². The van der Waals surface area contributed by atoms with Crippen molar-refractivity contribution in [1.82, 2.24) is 0 Å². The van der Waals surface area contributed by atoms with Crippen molar-refractivity contribution in [3.8, 4) is 0 Å². The van der Waals surface area contributed by atoms with Gasteiger partial charge in [0.25, 0.3) is 10.1 Å². The molecule has 0 fully saturated rings. The fourth-order valence-corrected chi connectivity index (χ4v) is 5.34. The average molecular weight is 577 g/mol. The van der Waals surface area contributed by atoms with E-state index in [2.05, 4.69) is 36.4 Å². The molecule has 41 heavy (non-hydrogen) atoms. The van der Waals surface area contributed by atoms with Gasteiger partial charge in [0.05, 0.1) is 57.8 Å². The average Bonchev–Trinajstić information content (AvgIpc) is 3.03. The molecule has 0 atom stereocenters. The van der Waals surface area contributed by atoms with Gasteiger partial charge in [-0.3, -0.25) is 4.18 Å². The van der Waals surface area contributed by atoms with Gasteiger partial charge < -0.3 is 18.9 Å². The van der Waals surface area contributed by atoms with E-state index in [0.717, 1.165) is 16.7 Å². The standard InChI is InChI=1S/C33H36O7S/c34-41(35,32-19-11-4-12-20-32)40-28-26-38-24-22-36-21-23-37-25-27-39-33(29-13-5-1-6-14-29,30-15-7-2-8-16-30)31-17-9-3-10-18-31/h1-20H,21-28H2. The quantitative estimate of drug-likeness (QED) is 0.0885. The van der Waals surface area contributed by atoms with Crippen LogP contribution in [0.1, 0.15) is 16.7 Å². The third kappa shape index (κ3) is 8.81. The number of benzene rings is 4. The van der Waals surface area contributed by atoms with Crippen LogP contribution in [0, 0.1) is 0 Å². The molecule has 0 heterocycles. The molecule has 0 saturated heterocycles. The molecule has 0 saturated carbocycles. The van der Waals surface area contributed by atoms with Crippen LogP contribution in [-0.4, -0.2) is 61.3 Å². The number of ether oxygens (including phenoxy) is 4. The van der Waals surface area contributed by atoms with Crippen molar-refractivity contribution in [3.05, 3.63) is 138 Å². The molecular formula is C33H36O7S. The van der Waals surface area contributed by atoms with E-state index in [1.54, 1.807) is 18.2 Å². The van der Waals surface area contributed by atoms with Crippen LogP contribution in [0.25, 0.3) is 0 Å². The number of hydrogen-bond donors (Lipinski definition) is 0. The highest BCUT2D eigenvalue weighted by Crippen LogP contribution is 2.40. The summed E-state index contributed by atoms with van der Waals surface area (Å²) in [6, 6.07) is 38.7. The Labute approximate surface area is 242 Å². The maximum absolute atomic E-state index is 12.1. The van der Waals surface area contributed by atoms with Gasteiger partial charge in [0, 0.05) is 0 Å². The summed E-state index contributed by atoms with van der Waals surface area (Å²) >= 11 is 0. The molecule has 0 radical (unpaired) electrons. The van der Waals surface area contributed by atoms with Crippen LogP contribution in [0.3, 0.4) is 0 Å². The first-order valence-corrected chi connectivity index (χ1v) is 15.0. The summed E-state index contributed by atoms with van der Waals surface area (Å²) in [5, 5.41) is 0. The molecule has 4 aromatic carbocycles. The molecule has 0 aliphatic heterocycles. The summed E-state index contributed by atoms with van der Waals surface area (Å²) in [7, 11) is -3.77. The van der Waals surface area contributed by atoms with Gasteiger partial charge in [0.1, 0.15) is 5.60 Å². The Morgan fingerprint density at radius 1 is 0.439 bits per heavy atom. The van der Waals surface area contributed by atoms with Crippen LogP contribution in [0.5, 0.6) is 0 Å². The molecule has 0 amide bonds. The first-order chi connectivity index (χ1) is 20.1. The topological polar surface area (TPSA) is 80.3 Å². The molecule has 4 aromatic rings. The molecular weight excluding hydrogens is 540 g/mol. The Morgan fingerprint density at radius 3 is 1.20 bits per heavy atom. The SMILES string of the molecule is O=S(=O)(OCCOCCOCCOCCOC(c1ccccc1)(c1ccccc1)c1ccccc1)c1ccccc1. The minimum absolute atomic E-state index is 0.0588. The van der Waals surface area contributed by atoms with E-state index >= 15 is 0 Å². The van der Waals surface area contributed by atoms with Crippen molar-refractivity contribution in [1.29, 1.82) is 0 Å². The molecule has 216 valence electrons. The summed E-state index contributed by atoms with van der Waals surface area (Å²) < 4.78 is 52.5. The van der Waals surface area contributed by atoms with E-state index < -0.39 is 15.7 Å². The van der Waals surface area contributed by atoms with Crippen LogP contribution in [0.15, 0.2) is 126 Å². The molecule has 0 unspecified atom stereocenters. The minimum atomic E-state index is -3.77. The van der Waals surface area contributed by atoms with Crippen LogP contribution in [0.4, 0.5) is 0 Å². The third-order valence-electron chi connectivity index (χ3n) is 6.33. The summed E-state index contributed by atoms with van der Waals surface area (Å²) in [6.07, 6.45) is 0. The van der Waals surface area contributed by atoms with Gasteiger partial charge in [-0.25, -0.2) is 0 Å². The van der Waals surface area contributed by atoms with Gasteiger partial charge in [-0.1, -0.05) is 109 Å². The second-order valence-electron chi connectivity index (χ2n) is 9.05. The van der Waals surface area contributed by atoms with Crippen molar-refractivity contribution >= 4 is 10.1 Å². The first kappa shape index (κ1) is 30.6. The van der Waals surface area contributed by atoms with Gasteiger partial charge in [-0.15, -0.1) is 0 Å². The third-order valence-corrected chi connectivity index (χ3v) is 7.66. The normalized spacial score (nSPS) is 11.9. The van der Waals surface area contributed by atoms with E-state index in [9.17, 15) is 8.42 Å². The van der Waals surface area contributed by atoms with Crippen molar-refractivity contribution in [2.75, 3.05) is 52.9 Å². The Kier molecular flexibility index (Phi) is 12.1. The highest BCUT2D eigenvalue weighted by atomic mass is 32.2. The Balaban J connectivity index is 1.17. The van der Waals surface area contributed by atoms with E-state index in [0.29, 0.717) is 39.6 Å². The predicted octanol–water partition coefficient (Wildman–Crippen LogP) is 5.45. The number of hydrogen-bond acceptors (Lipinski definition) is 7. The fraction of sp³-hybridized carbons (Fsp3) is 0.273. The van der Waals surface area contributed by atoms with Crippen molar-refractivity contribution < 1.29 is 31.5 Å². The maximum Gasteiger partial charge on any atom is 0.297 e. The van der Waals surface area contributed by atoms with E-state index in [1.165, 1.54) is 12.1 Å². The first-order valence-electron chi connectivity index (χ1n) is 13.6. The zero-order valence-electron chi connectivity index (χ0n) is 23.0. The van der Waals surface area contributed by atoms with Gasteiger partial charge in [0.15, 0.2) is 0 Å².